The Balaban J connectivity index is 0.00000240. The van der Waals surface area contributed by atoms with Gasteiger partial charge in [0.25, 0.3) is 5.91 Å². The Hall–Kier alpha value is -2.70. The fourth-order valence-electron chi connectivity index (χ4n) is 3.55. The molecule has 2 aromatic carbocycles. The van der Waals surface area contributed by atoms with Gasteiger partial charge in [-0.1, -0.05) is 47.1 Å². The van der Waals surface area contributed by atoms with Crippen LogP contribution in [0.5, 0.6) is 0 Å². The lowest BCUT2D eigenvalue weighted by atomic mass is 9.97. The SMILES string of the molecule is Cc1ccc(C(=O)N2CCCC(c3nc(-c4ccc(CN)cc4)no3)C2)cc1.Cl. The molecule has 1 unspecified atom stereocenters. The van der Waals surface area contributed by atoms with E-state index in [4.69, 9.17) is 10.3 Å². The largest absolute Gasteiger partial charge is 0.339 e. The van der Waals surface area contributed by atoms with Crippen LogP contribution in [0.15, 0.2) is 53.1 Å². The highest BCUT2D eigenvalue weighted by Crippen LogP contribution is 2.28. The molecule has 0 radical (unpaired) electrons. The topological polar surface area (TPSA) is 85.2 Å². The summed E-state index contributed by atoms with van der Waals surface area (Å²) in [5, 5.41) is 4.13. The van der Waals surface area contributed by atoms with E-state index < -0.39 is 0 Å². The van der Waals surface area contributed by atoms with Crippen LogP contribution < -0.4 is 5.73 Å². The van der Waals surface area contributed by atoms with Gasteiger partial charge in [-0.3, -0.25) is 4.79 Å². The molecule has 152 valence electrons. The second-order valence-corrected chi connectivity index (χ2v) is 7.31. The minimum absolute atomic E-state index is 0. The zero-order valence-corrected chi connectivity index (χ0v) is 17.2. The quantitative estimate of drug-likeness (QED) is 0.701. The van der Waals surface area contributed by atoms with Crippen molar-refractivity contribution in [3.05, 3.63) is 71.1 Å². The summed E-state index contributed by atoms with van der Waals surface area (Å²) >= 11 is 0. The number of amides is 1. The number of hydrogen-bond acceptors (Lipinski definition) is 5. The van der Waals surface area contributed by atoms with Gasteiger partial charge in [-0.2, -0.15) is 4.98 Å². The van der Waals surface area contributed by atoms with Crippen LogP contribution in [0.4, 0.5) is 0 Å². The lowest BCUT2D eigenvalue weighted by molar-refractivity contribution is 0.0695. The van der Waals surface area contributed by atoms with Crippen LogP contribution in [0.2, 0.25) is 0 Å². The summed E-state index contributed by atoms with van der Waals surface area (Å²) in [6.07, 6.45) is 1.86. The summed E-state index contributed by atoms with van der Waals surface area (Å²) in [4.78, 5) is 19.3. The van der Waals surface area contributed by atoms with Gasteiger partial charge in [0.15, 0.2) is 0 Å². The van der Waals surface area contributed by atoms with Gasteiger partial charge in [0.2, 0.25) is 11.7 Å². The van der Waals surface area contributed by atoms with Crippen molar-refractivity contribution in [2.45, 2.75) is 32.2 Å². The Morgan fingerprint density at radius 2 is 1.90 bits per heavy atom. The summed E-state index contributed by atoms with van der Waals surface area (Å²) in [6, 6.07) is 15.5. The Labute approximate surface area is 176 Å². The van der Waals surface area contributed by atoms with Crippen molar-refractivity contribution in [3.8, 4) is 11.4 Å². The molecular weight excluding hydrogens is 388 g/mol. The number of aromatic nitrogens is 2. The van der Waals surface area contributed by atoms with Crippen LogP contribution in [0.25, 0.3) is 11.4 Å². The van der Waals surface area contributed by atoms with Crippen molar-refractivity contribution in [1.82, 2.24) is 15.0 Å². The first kappa shape index (κ1) is 21.0. The smallest absolute Gasteiger partial charge is 0.253 e. The molecule has 0 aliphatic carbocycles. The highest BCUT2D eigenvalue weighted by molar-refractivity contribution is 5.94. The van der Waals surface area contributed by atoms with Gasteiger partial charge >= 0.3 is 0 Å². The highest BCUT2D eigenvalue weighted by atomic mass is 35.5. The van der Waals surface area contributed by atoms with Gasteiger partial charge in [0.05, 0.1) is 5.92 Å². The number of benzene rings is 2. The number of halogens is 1. The van der Waals surface area contributed by atoms with E-state index in [1.807, 2.05) is 60.4 Å². The molecule has 1 aliphatic rings. The second kappa shape index (κ2) is 9.20. The van der Waals surface area contributed by atoms with E-state index in [2.05, 4.69) is 10.1 Å². The third-order valence-corrected chi connectivity index (χ3v) is 5.25. The van der Waals surface area contributed by atoms with Crippen LogP contribution in [-0.4, -0.2) is 34.0 Å². The van der Waals surface area contributed by atoms with Crippen LogP contribution >= 0.6 is 12.4 Å². The first-order chi connectivity index (χ1) is 13.6. The lowest BCUT2D eigenvalue weighted by Crippen LogP contribution is -2.39. The summed E-state index contributed by atoms with van der Waals surface area (Å²) in [5.74, 6) is 1.29. The van der Waals surface area contributed by atoms with Gasteiger partial charge in [-0.05, 0) is 37.5 Å². The molecule has 1 amide bonds. The molecule has 1 fully saturated rings. The van der Waals surface area contributed by atoms with E-state index in [1.165, 1.54) is 0 Å². The number of carbonyl (C=O) groups excluding carboxylic acids is 1. The van der Waals surface area contributed by atoms with Crippen LogP contribution in [0, 0.1) is 6.92 Å². The zero-order valence-electron chi connectivity index (χ0n) is 16.4. The number of rotatable bonds is 4. The molecule has 0 spiro atoms. The minimum Gasteiger partial charge on any atom is -0.339 e. The highest BCUT2D eigenvalue weighted by Gasteiger charge is 2.29. The van der Waals surface area contributed by atoms with E-state index in [-0.39, 0.29) is 24.2 Å². The first-order valence-electron chi connectivity index (χ1n) is 9.63. The average Bonchev–Trinajstić information content (AvgIpc) is 3.24. The summed E-state index contributed by atoms with van der Waals surface area (Å²) < 4.78 is 5.54. The first-order valence-corrected chi connectivity index (χ1v) is 9.63. The van der Waals surface area contributed by atoms with Crippen molar-refractivity contribution in [2.24, 2.45) is 5.73 Å². The van der Waals surface area contributed by atoms with Crippen LogP contribution in [0.3, 0.4) is 0 Å². The van der Waals surface area contributed by atoms with E-state index in [1.54, 1.807) is 0 Å². The maximum absolute atomic E-state index is 12.8. The Bertz CT molecular complexity index is 954. The number of aryl methyl sites for hydroxylation is 1. The predicted octanol–water partition coefficient (Wildman–Crippen LogP) is 3.95. The van der Waals surface area contributed by atoms with Crippen molar-refractivity contribution >= 4 is 18.3 Å². The molecule has 6 nitrogen and oxygen atoms in total. The van der Waals surface area contributed by atoms with Crippen molar-refractivity contribution in [2.75, 3.05) is 13.1 Å². The molecule has 0 saturated carbocycles. The summed E-state index contributed by atoms with van der Waals surface area (Å²) in [6.45, 7) is 3.87. The third kappa shape index (κ3) is 4.66. The van der Waals surface area contributed by atoms with Gasteiger partial charge in [0, 0.05) is 30.8 Å². The number of nitrogens with two attached hydrogens (primary N) is 1. The number of nitrogens with zero attached hydrogens (tertiary/aromatic N) is 3. The van der Waals surface area contributed by atoms with E-state index in [9.17, 15) is 4.79 Å². The van der Waals surface area contributed by atoms with Gasteiger partial charge < -0.3 is 15.2 Å². The Morgan fingerprint density at radius 3 is 2.59 bits per heavy atom. The molecule has 29 heavy (non-hydrogen) atoms. The number of piperidine rings is 1. The lowest BCUT2D eigenvalue weighted by Gasteiger charge is -2.31. The molecule has 7 heteroatoms. The van der Waals surface area contributed by atoms with Crippen LogP contribution in [0.1, 0.15) is 46.1 Å². The van der Waals surface area contributed by atoms with Gasteiger partial charge in [-0.25, -0.2) is 0 Å². The fraction of sp³-hybridized carbons (Fsp3) is 0.318. The molecule has 1 aromatic heterocycles. The molecular formula is C22H25ClN4O2. The van der Waals surface area contributed by atoms with Gasteiger partial charge in [-0.15, -0.1) is 12.4 Å². The zero-order chi connectivity index (χ0) is 19.5. The van der Waals surface area contributed by atoms with E-state index in [0.29, 0.717) is 24.8 Å². The maximum Gasteiger partial charge on any atom is 0.253 e. The van der Waals surface area contributed by atoms with Crippen LogP contribution in [-0.2, 0) is 6.54 Å². The molecule has 2 N–H and O–H groups in total. The third-order valence-electron chi connectivity index (χ3n) is 5.25. The molecule has 4 rings (SSSR count). The molecule has 0 bridgehead atoms. The molecule has 2 heterocycles. The number of hydrogen-bond donors (Lipinski definition) is 1. The van der Waals surface area contributed by atoms with E-state index >= 15 is 0 Å². The average molecular weight is 413 g/mol. The number of likely N-dealkylation sites (tertiary alicyclic amines) is 1. The monoisotopic (exact) mass is 412 g/mol. The molecule has 1 aliphatic heterocycles. The van der Waals surface area contributed by atoms with Gasteiger partial charge in [0.1, 0.15) is 0 Å². The maximum atomic E-state index is 12.8. The summed E-state index contributed by atoms with van der Waals surface area (Å²) in [5.41, 5.74) is 9.47. The standard InChI is InChI=1S/C22H24N4O2.ClH/c1-15-4-8-18(9-5-15)22(27)26-12-2-3-19(14-26)21-24-20(25-28-21)17-10-6-16(13-23)7-11-17;/h4-11,19H,2-3,12-14,23H2,1H3;1H. The normalized spacial score (nSPS) is 16.3. The van der Waals surface area contributed by atoms with Crippen molar-refractivity contribution in [3.63, 3.8) is 0 Å². The molecule has 3 aromatic rings. The predicted molar refractivity (Wildman–Crippen MR) is 114 cm³/mol. The van der Waals surface area contributed by atoms with Crippen molar-refractivity contribution in [1.29, 1.82) is 0 Å². The molecule has 1 atom stereocenters. The fourth-order valence-corrected chi connectivity index (χ4v) is 3.55. The Kier molecular flexibility index (Phi) is 6.67. The Morgan fingerprint density at radius 1 is 1.17 bits per heavy atom. The minimum atomic E-state index is 0. The van der Waals surface area contributed by atoms with Crippen molar-refractivity contribution < 1.29 is 9.32 Å². The molecule has 1 saturated heterocycles. The second-order valence-electron chi connectivity index (χ2n) is 7.31. The number of carbonyl (C=O) groups is 1. The summed E-state index contributed by atoms with van der Waals surface area (Å²) in [7, 11) is 0. The van der Waals surface area contributed by atoms with E-state index in [0.717, 1.165) is 41.6 Å².